The van der Waals surface area contributed by atoms with Crippen LogP contribution in [-0.2, 0) is 23.8 Å². The van der Waals surface area contributed by atoms with Crippen molar-refractivity contribution in [1.29, 1.82) is 5.26 Å². The average Bonchev–Trinajstić information content (AvgIpc) is 3.46. The van der Waals surface area contributed by atoms with Crippen LogP contribution in [0.25, 0.3) is 5.52 Å². The molecule has 3 heterocycles. The van der Waals surface area contributed by atoms with Crippen molar-refractivity contribution in [2.24, 2.45) is 0 Å². The van der Waals surface area contributed by atoms with Crippen LogP contribution in [0.4, 0.5) is 19.4 Å². The van der Waals surface area contributed by atoms with E-state index >= 15 is 0 Å². The van der Waals surface area contributed by atoms with Crippen LogP contribution < -0.4 is 5.73 Å². The highest BCUT2D eigenvalue weighted by Gasteiger charge is 2.35. The number of fused-ring (bicyclic) bond motifs is 1. The molecule has 1 saturated heterocycles. The van der Waals surface area contributed by atoms with Crippen molar-refractivity contribution in [1.82, 2.24) is 14.6 Å². The third-order valence-electron chi connectivity index (χ3n) is 4.99. The van der Waals surface area contributed by atoms with Crippen LogP contribution in [0, 0.1) is 11.8 Å². The van der Waals surface area contributed by atoms with Gasteiger partial charge in [0.1, 0.15) is 24.6 Å². The lowest BCUT2D eigenvalue weighted by atomic mass is 10.1. The molecule has 0 aliphatic carbocycles. The molecule has 3 rings (SSSR count). The molecule has 37 heavy (non-hydrogen) atoms. The molecule has 13 nitrogen and oxygen atoms in total. The number of nitrogens with zero attached hydrogens (tertiary/aromatic N) is 4. The van der Waals surface area contributed by atoms with Crippen LogP contribution in [0.2, 0.25) is 0 Å². The summed E-state index contributed by atoms with van der Waals surface area (Å²) in [5.41, 5.74) is 5.41. The summed E-state index contributed by atoms with van der Waals surface area (Å²) in [6.45, 7) is 5.66. The standard InChI is InChI=1S/C16H20F2N4O4.C5H8O4.CHN/c1-16(2,14(17)18)26-15(23)24-7-9-3-6-12(25-9)10-4-5-11-13(19)20-8-21-22(10)11;6-4(7)2-1-3-5(8)9;1-2/h4-5,8-9,12,14H,3,6-7H2,1-2H3,(H2,19,20,21);1-3H2,(H,6,7)(H,8,9);1H. The van der Waals surface area contributed by atoms with Gasteiger partial charge in [0.05, 0.1) is 11.8 Å². The zero-order valence-corrected chi connectivity index (χ0v) is 20.3. The van der Waals surface area contributed by atoms with Gasteiger partial charge < -0.3 is 30.2 Å². The molecule has 0 amide bonds. The Bertz CT molecular complexity index is 1060. The van der Waals surface area contributed by atoms with Gasteiger partial charge in [-0.1, -0.05) is 0 Å². The van der Waals surface area contributed by atoms with Gasteiger partial charge in [0.2, 0.25) is 0 Å². The molecule has 1 aliphatic rings. The Morgan fingerprint density at radius 3 is 2.43 bits per heavy atom. The fraction of sp³-hybridized carbons (Fsp3) is 0.545. The molecule has 2 aromatic heterocycles. The van der Waals surface area contributed by atoms with Gasteiger partial charge in [0, 0.05) is 19.4 Å². The van der Waals surface area contributed by atoms with Crippen molar-refractivity contribution >= 4 is 29.4 Å². The van der Waals surface area contributed by atoms with E-state index in [1.54, 1.807) is 4.52 Å². The van der Waals surface area contributed by atoms with Crippen molar-refractivity contribution in [3.8, 4) is 6.57 Å². The second-order valence-corrected chi connectivity index (χ2v) is 8.23. The van der Waals surface area contributed by atoms with Crippen LogP contribution >= 0.6 is 0 Å². The summed E-state index contributed by atoms with van der Waals surface area (Å²) < 4.78 is 42.5. The SMILES string of the molecule is C#N.CC(C)(OC(=O)OCC1CCC(c2ccc3c(N)ncnn23)O1)C(F)F.O=C(O)CCCC(=O)O. The number of nitriles is 1. The van der Waals surface area contributed by atoms with Gasteiger partial charge >= 0.3 is 18.1 Å². The Hall–Kier alpha value is -4.06. The number of aliphatic carboxylic acids is 2. The van der Waals surface area contributed by atoms with E-state index in [1.165, 1.54) is 6.33 Å². The lowest BCUT2D eigenvalue weighted by Gasteiger charge is -2.23. The Balaban J connectivity index is 0.000000529. The normalized spacial score (nSPS) is 16.7. The zero-order chi connectivity index (χ0) is 28.2. The minimum absolute atomic E-state index is 0.0632. The molecule has 0 radical (unpaired) electrons. The first kappa shape index (κ1) is 31.0. The highest BCUT2D eigenvalue weighted by atomic mass is 19.3. The quantitative estimate of drug-likeness (QED) is 0.401. The summed E-state index contributed by atoms with van der Waals surface area (Å²) >= 11 is 0. The second-order valence-electron chi connectivity index (χ2n) is 8.23. The number of carboxylic acids is 2. The number of carbonyl (C=O) groups is 3. The monoisotopic (exact) mass is 529 g/mol. The molecule has 204 valence electrons. The minimum atomic E-state index is -2.81. The fourth-order valence-electron chi connectivity index (χ4n) is 3.10. The first-order valence-corrected chi connectivity index (χ1v) is 11.0. The number of halogens is 2. The third kappa shape index (κ3) is 9.84. The Morgan fingerprint density at radius 1 is 1.24 bits per heavy atom. The van der Waals surface area contributed by atoms with Crippen molar-refractivity contribution in [3.05, 3.63) is 24.2 Å². The molecule has 2 atom stereocenters. The summed E-state index contributed by atoms with van der Waals surface area (Å²) in [6.07, 6.45) is -1.76. The van der Waals surface area contributed by atoms with Gasteiger partial charge in [0.15, 0.2) is 11.4 Å². The number of hydrogen-bond donors (Lipinski definition) is 3. The molecule has 0 spiro atoms. The predicted octanol–water partition coefficient (Wildman–Crippen LogP) is 3.19. The molecule has 0 saturated carbocycles. The number of anilines is 1. The lowest BCUT2D eigenvalue weighted by molar-refractivity contribution is -0.138. The Labute approximate surface area is 210 Å². The van der Waals surface area contributed by atoms with E-state index in [-0.39, 0.29) is 38.1 Å². The Morgan fingerprint density at radius 2 is 1.86 bits per heavy atom. The van der Waals surface area contributed by atoms with Crippen molar-refractivity contribution in [2.75, 3.05) is 12.3 Å². The number of rotatable bonds is 9. The van der Waals surface area contributed by atoms with Gasteiger partial charge in [-0.15, -0.1) is 0 Å². The summed E-state index contributed by atoms with van der Waals surface area (Å²) in [6, 6.07) is 3.66. The van der Waals surface area contributed by atoms with Crippen LogP contribution in [0.3, 0.4) is 0 Å². The third-order valence-corrected chi connectivity index (χ3v) is 4.99. The van der Waals surface area contributed by atoms with E-state index in [1.807, 2.05) is 12.1 Å². The number of nitrogens with two attached hydrogens (primary N) is 1. The summed E-state index contributed by atoms with van der Waals surface area (Å²) in [7, 11) is 0. The molecule has 15 heteroatoms. The average molecular weight is 529 g/mol. The molecular weight excluding hydrogens is 500 g/mol. The van der Waals surface area contributed by atoms with E-state index in [9.17, 15) is 23.2 Å². The maximum absolute atomic E-state index is 12.7. The smallest absolute Gasteiger partial charge is 0.481 e. The van der Waals surface area contributed by atoms with Crippen LogP contribution in [-0.4, -0.2) is 67.6 Å². The van der Waals surface area contributed by atoms with Crippen molar-refractivity contribution in [2.45, 2.75) is 70.2 Å². The van der Waals surface area contributed by atoms with Gasteiger partial charge in [-0.3, -0.25) is 9.59 Å². The number of ether oxygens (including phenoxy) is 3. The van der Waals surface area contributed by atoms with E-state index < -0.39 is 30.1 Å². The van der Waals surface area contributed by atoms with Gasteiger partial charge in [-0.2, -0.15) is 5.10 Å². The number of aromatic nitrogens is 3. The van der Waals surface area contributed by atoms with Crippen LogP contribution in [0.5, 0.6) is 0 Å². The summed E-state index contributed by atoms with van der Waals surface area (Å²) in [4.78, 5) is 35.1. The molecule has 0 bridgehead atoms. The van der Waals surface area contributed by atoms with Crippen molar-refractivity contribution in [3.63, 3.8) is 0 Å². The maximum atomic E-state index is 12.7. The number of alkyl halides is 2. The molecule has 2 unspecified atom stereocenters. The van der Waals surface area contributed by atoms with Gasteiger partial charge in [-0.05, 0) is 45.2 Å². The van der Waals surface area contributed by atoms with E-state index in [2.05, 4.69) is 21.4 Å². The predicted molar refractivity (Wildman–Crippen MR) is 123 cm³/mol. The number of carbonyl (C=O) groups excluding carboxylic acids is 1. The first-order chi connectivity index (χ1) is 17.4. The first-order valence-electron chi connectivity index (χ1n) is 11.0. The van der Waals surface area contributed by atoms with Gasteiger partial charge in [0.25, 0.3) is 6.43 Å². The van der Waals surface area contributed by atoms with E-state index in [0.717, 1.165) is 19.5 Å². The zero-order valence-electron chi connectivity index (χ0n) is 20.3. The molecular formula is C22H29F2N5O8. The highest BCUT2D eigenvalue weighted by molar-refractivity contribution is 5.70. The van der Waals surface area contributed by atoms with Crippen LogP contribution in [0.1, 0.15) is 57.7 Å². The fourth-order valence-corrected chi connectivity index (χ4v) is 3.10. The molecule has 2 aromatic rings. The van der Waals surface area contributed by atoms with Gasteiger partial charge in [-0.25, -0.2) is 28.3 Å². The molecule has 1 aliphatic heterocycles. The Kier molecular flexibility index (Phi) is 12.1. The molecule has 0 aromatic carbocycles. The molecule has 1 fully saturated rings. The largest absolute Gasteiger partial charge is 0.509 e. The number of nitrogen functional groups attached to an aromatic ring is 1. The number of carboxylic acid groups (broad SMARTS) is 2. The summed E-state index contributed by atoms with van der Waals surface area (Å²) in [5, 5.41) is 26.7. The topological polar surface area (TPSA) is 199 Å². The van der Waals surface area contributed by atoms with Crippen LogP contribution in [0.15, 0.2) is 18.5 Å². The van der Waals surface area contributed by atoms with Crippen molar-refractivity contribution < 1.29 is 47.6 Å². The summed E-state index contributed by atoms with van der Waals surface area (Å²) in [5.74, 6) is -1.53. The second kappa shape index (κ2) is 14.5. The van der Waals surface area contributed by atoms with E-state index in [4.69, 9.17) is 30.7 Å². The minimum Gasteiger partial charge on any atom is -0.481 e. The lowest BCUT2D eigenvalue weighted by Crippen LogP contribution is -2.36. The highest BCUT2D eigenvalue weighted by Crippen LogP contribution is 2.34. The van der Waals surface area contributed by atoms with E-state index in [0.29, 0.717) is 24.2 Å². The maximum Gasteiger partial charge on any atom is 0.509 e. The molecule has 4 N–H and O–H groups in total. The number of hydrogen-bond acceptors (Lipinski definition) is 10.